The summed E-state index contributed by atoms with van der Waals surface area (Å²) >= 11 is 0. The van der Waals surface area contributed by atoms with Crippen molar-refractivity contribution in [3.05, 3.63) is 58.1 Å². The van der Waals surface area contributed by atoms with E-state index in [1.807, 2.05) is 0 Å². The molecule has 0 bridgehead atoms. The van der Waals surface area contributed by atoms with Crippen LogP contribution in [0.1, 0.15) is 53.5 Å². The smallest absolute Gasteiger partial charge is 0.245 e. The van der Waals surface area contributed by atoms with Crippen LogP contribution in [-0.4, -0.2) is 69.2 Å². The van der Waals surface area contributed by atoms with Crippen LogP contribution in [0, 0.1) is 26.2 Å². The highest BCUT2D eigenvalue weighted by molar-refractivity contribution is 7.89. The standard InChI is InChI=1S/C29H40N6O6S/c1-17-14-24(41-4)18(2)19(3)26(17)42(39,40)34-22(16-25(30)36)28(37)33-23(29(38)35-12-6-5-7-13-35)15-20-8-10-21(11-9-20)27(31)32/h8-11,14,22-23,34H,5-7,12-13,15-16H2,1-4H3,(H2,30,36)(H3,31,32)(H,33,37)/t22-,23+/m0/s1. The van der Waals surface area contributed by atoms with E-state index in [4.69, 9.17) is 21.6 Å². The maximum Gasteiger partial charge on any atom is 0.245 e. The number of nitrogens with zero attached hydrogens (tertiary/aromatic N) is 1. The monoisotopic (exact) mass is 600 g/mol. The SMILES string of the molecule is COc1cc(C)c(S(=O)(=O)N[C@@H](CC(N)=O)C(=O)N[C@H](Cc2ccc(C(=N)N)cc2)C(=O)N2CCCCC2)c(C)c1C. The number of hydrogen-bond donors (Lipinski definition) is 5. The Balaban J connectivity index is 1.92. The lowest BCUT2D eigenvalue weighted by Crippen LogP contribution is -2.56. The Labute approximate surface area is 246 Å². The van der Waals surface area contributed by atoms with Gasteiger partial charge in [-0.3, -0.25) is 19.8 Å². The van der Waals surface area contributed by atoms with Crippen LogP contribution >= 0.6 is 0 Å². The first-order valence-corrected chi connectivity index (χ1v) is 15.2. The first-order chi connectivity index (χ1) is 19.7. The molecule has 0 aromatic heterocycles. The molecule has 1 aliphatic rings. The van der Waals surface area contributed by atoms with E-state index in [1.165, 1.54) is 7.11 Å². The molecule has 2 atom stereocenters. The van der Waals surface area contributed by atoms with Crippen molar-refractivity contribution < 1.29 is 27.5 Å². The van der Waals surface area contributed by atoms with Crippen LogP contribution in [0.4, 0.5) is 0 Å². The number of methoxy groups -OCH3 is 1. The summed E-state index contributed by atoms with van der Waals surface area (Å²) in [5.41, 5.74) is 13.6. The van der Waals surface area contributed by atoms with E-state index >= 15 is 0 Å². The van der Waals surface area contributed by atoms with Crippen LogP contribution in [0.15, 0.2) is 35.2 Å². The number of amides is 3. The number of carbonyl (C=O) groups is 3. The maximum absolute atomic E-state index is 13.6. The predicted octanol–water partition coefficient (Wildman–Crippen LogP) is 1.17. The highest BCUT2D eigenvalue weighted by atomic mass is 32.2. The fraction of sp³-hybridized carbons (Fsp3) is 0.448. The molecule has 0 spiro atoms. The van der Waals surface area contributed by atoms with E-state index in [0.717, 1.165) is 19.3 Å². The van der Waals surface area contributed by atoms with Gasteiger partial charge in [-0.05, 0) is 68.4 Å². The molecule has 7 N–H and O–H groups in total. The quantitative estimate of drug-likeness (QED) is 0.178. The van der Waals surface area contributed by atoms with Gasteiger partial charge in [0.1, 0.15) is 23.7 Å². The Hall–Kier alpha value is -3.97. The van der Waals surface area contributed by atoms with Gasteiger partial charge in [0.2, 0.25) is 27.7 Å². The molecule has 42 heavy (non-hydrogen) atoms. The van der Waals surface area contributed by atoms with Crippen LogP contribution in [-0.2, 0) is 30.8 Å². The molecule has 13 heteroatoms. The molecule has 1 fully saturated rings. The minimum atomic E-state index is -4.31. The fourth-order valence-electron chi connectivity index (χ4n) is 5.15. The summed E-state index contributed by atoms with van der Waals surface area (Å²) in [5, 5.41) is 10.3. The molecule has 0 radical (unpaired) electrons. The van der Waals surface area contributed by atoms with E-state index < -0.39 is 40.3 Å². The van der Waals surface area contributed by atoms with Crippen molar-refractivity contribution in [1.82, 2.24) is 14.9 Å². The molecule has 1 heterocycles. The number of likely N-dealkylation sites (tertiary alicyclic amines) is 1. The van der Waals surface area contributed by atoms with Gasteiger partial charge in [-0.2, -0.15) is 4.72 Å². The minimum Gasteiger partial charge on any atom is -0.496 e. The van der Waals surface area contributed by atoms with E-state index in [-0.39, 0.29) is 23.1 Å². The second-order valence-electron chi connectivity index (χ2n) is 10.6. The third kappa shape index (κ3) is 7.85. The second kappa shape index (κ2) is 13.8. The number of primary amides is 1. The Kier molecular flexibility index (Phi) is 10.7. The number of nitrogens with one attached hydrogen (secondary N) is 3. The van der Waals surface area contributed by atoms with Crippen molar-refractivity contribution in [3.63, 3.8) is 0 Å². The lowest BCUT2D eigenvalue weighted by Gasteiger charge is -2.31. The van der Waals surface area contributed by atoms with E-state index in [0.29, 0.717) is 46.7 Å². The van der Waals surface area contributed by atoms with E-state index in [2.05, 4.69) is 10.0 Å². The van der Waals surface area contributed by atoms with Gasteiger partial charge in [-0.1, -0.05) is 24.3 Å². The third-order valence-electron chi connectivity index (χ3n) is 7.47. The Bertz CT molecular complexity index is 1450. The van der Waals surface area contributed by atoms with Gasteiger partial charge < -0.3 is 26.4 Å². The summed E-state index contributed by atoms with van der Waals surface area (Å²) in [4.78, 5) is 40.7. The summed E-state index contributed by atoms with van der Waals surface area (Å²) in [6, 6.07) is 5.70. The van der Waals surface area contributed by atoms with Crippen molar-refractivity contribution in [2.24, 2.45) is 11.5 Å². The molecule has 3 rings (SSSR count). The summed E-state index contributed by atoms with van der Waals surface area (Å²) < 4.78 is 34.8. The normalized spacial score (nSPS) is 15.0. The Morgan fingerprint density at radius 3 is 2.17 bits per heavy atom. The summed E-state index contributed by atoms with van der Waals surface area (Å²) in [6.07, 6.45) is 2.16. The molecule has 2 aromatic rings. The molecule has 3 amide bonds. The Morgan fingerprint density at radius 2 is 1.62 bits per heavy atom. The maximum atomic E-state index is 13.6. The van der Waals surface area contributed by atoms with Crippen molar-refractivity contribution in [1.29, 1.82) is 5.41 Å². The van der Waals surface area contributed by atoms with Crippen LogP contribution in [0.3, 0.4) is 0 Å². The highest BCUT2D eigenvalue weighted by Crippen LogP contribution is 2.30. The van der Waals surface area contributed by atoms with E-state index in [1.54, 1.807) is 56.0 Å². The van der Waals surface area contributed by atoms with E-state index in [9.17, 15) is 22.8 Å². The number of nitrogen functional groups attached to an aromatic ring is 1. The van der Waals surface area contributed by atoms with Crippen LogP contribution in [0.5, 0.6) is 5.75 Å². The molecule has 1 aliphatic heterocycles. The molecular weight excluding hydrogens is 560 g/mol. The largest absolute Gasteiger partial charge is 0.496 e. The topological polar surface area (TPSA) is 198 Å². The minimum absolute atomic E-state index is 0.0328. The molecular formula is C29H40N6O6S. The van der Waals surface area contributed by atoms with Gasteiger partial charge >= 0.3 is 0 Å². The lowest BCUT2D eigenvalue weighted by atomic mass is 10.0. The van der Waals surface area contributed by atoms with Gasteiger partial charge in [-0.15, -0.1) is 0 Å². The number of aryl methyl sites for hydroxylation is 1. The first-order valence-electron chi connectivity index (χ1n) is 13.7. The number of piperidine rings is 1. The van der Waals surface area contributed by atoms with Crippen molar-refractivity contribution in [3.8, 4) is 5.75 Å². The highest BCUT2D eigenvalue weighted by Gasteiger charge is 2.34. The van der Waals surface area contributed by atoms with Gasteiger partial charge in [0.15, 0.2) is 0 Å². The van der Waals surface area contributed by atoms with Crippen molar-refractivity contribution in [2.45, 2.75) is 69.9 Å². The van der Waals surface area contributed by atoms with Gasteiger partial charge in [0, 0.05) is 25.1 Å². The molecule has 12 nitrogen and oxygen atoms in total. The zero-order valence-corrected chi connectivity index (χ0v) is 25.3. The molecule has 0 aliphatic carbocycles. The lowest BCUT2D eigenvalue weighted by molar-refractivity contribution is -0.137. The van der Waals surface area contributed by atoms with Crippen molar-refractivity contribution >= 4 is 33.6 Å². The average molecular weight is 601 g/mol. The summed E-state index contributed by atoms with van der Waals surface area (Å²) in [7, 11) is -2.82. The Morgan fingerprint density at radius 1 is 1.00 bits per heavy atom. The zero-order valence-electron chi connectivity index (χ0n) is 24.5. The number of amidine groups is 1. The fourth-order valence-corrected chi connectivity index (χ4v) is 6.87. The van der Waals surface area contributed by atoms with Gasteiger partial charge in [0.25, 0.3) is 0 Å². The predicted molar refractivity (Wildman–Crippen MR) is 159 cm³/mol. The van der Waals surface area contributed by atoms with Crippen molar-refractivity contribution in [2.75, 3.05) is 20.2 Å². The molecule has 2 aromatic carbocycles. The summed E-state index contributed by atoms with van der Waals surface area (Å²) in [5.74, 6) is -1.64. The average Bonchev–Trinajstić information content (AvgIpc) is 2.94. The molecule has 0 unspecified atom stereocenters. The third-order valence-corrected chi connectivity index (χ3v) is 9.23. The number of nitrogens with two attached hydrogens (primary N) is 2. The number of ether oxygens (including phenoxy) is 1. The number of rotatable bonds is 12. The first kappa shape index (κ1) is 32.5. The number of carbonyl (C=O) groups excluding carboxylic acids is 3. The van der Waals surface area contributed by atoms with Gasteiger partial charge in [-0.25, -0.2) is 8.42 Å². The summed E-state index contributed by atoms with van der Waals surface area (Å²) in [6.45, 7) is 6.05. The number of sulfonamides is 1. The molecule has 228 valence electrons. The van der Waals surface area contributed by atoms with Gasteiger partial charge in [0.05, 0.1) is 18.4 Å². The van der Waals surface area contributed by atoms with Crippen LogP contribution < -0.4 is 26.2 Å². The number of benzene rings is 2. The zero-order chi connectivity index (χ0) is 31.2. The molecule has 1 saturated heterocycles. The number of hydrogen-bond acceptors (Lipinski definition) is 7. The second-order valence-corrected chi connectivity index (χ2v) is 12.2. The van der Waals surface area contributed by atoms with Crippen LogP contribution in [0.25, 0.3) is 0 Å². The molecule has 0 saturated carbocycles. The van der Waals surface area contributed by atoms with Crippen LogP contribution in [0.2, 0.25) is 0 Å².